The highest BCUT2D eigenvalue weighted by atomic mass is 79.9. The van der Waals surface area contributed by atoms with Gasteiger partial charge in [-0.1, -0.05) is 46.3 Å². The number of amides is 1. The Balaban J connectivity index is 1.47. The number of nitrogens with zero attached hydrogens (tertiary/aromatic N) is 1. The molecule has 3 aromatic carbocycles. The number of hydrogen-bond donors (Lipinski definition) is 2. The van der Waals surface area contributed by atoms with E-state index >= 15 is 0 Å². The first-order valence-corrected chi connectivity index (χ1v) is 10.4. The number of aromatic amines is 1. The molecule has 0 radical (unpaired) electrons. The number of nitrogens with one attached hydrogen (secondary N) is 2. The number of hydrogen-bond acceptors (Lipinski definition) is 4. The molecule has 0 saturated heterocycles. The molecule has 1 heterocycles. The van der Waals surface area contributed by atoms with Crippen LogP contribution in [0.1, 0.15) is 21.5 Å². The maximum Gasteiger partial charge on any atom is 0.275 e. The number of aromatic nitrogens is 1. The monoisotopic (exact) mass is 477 g/mol. The summed E-state index contributed by atoms with van der Waals surface area (Å²) in [5, 5.41) is 5.06. The van der Waals surface area contributed by atoms with Crippen molar-refractivity contribution in [1.82, 2.24) is 10.4 Å². The number of rotatable bonds is 7. The molecule has 1 amide bonds. The summed E-state index contributed by atoms with van der Waals surface area (Å²) in [6.07, 6.45) is 3.43. The van der Waals surface area contributed by atoms with Gasteiger partial charge in [0.05, 0.1) is 18.9 Å². The number of halogens is 1. The van der Waals surface area contributed by atoms with Gasteiger partial charge in [-0.25, -0.2) is 5.43 Å². The predicted molar refractivity (Wildman–Crippen MR) is 125 cm³/mol. The summed E-state index contributed by atoms with van der Waals surface area (Å²) in [4.78, 5) is 15.7. The van der Waals surface area contributed by atoms with E-state index in [1.54, 1.807) is 18.3 Å². The van der Waals surface area contributed by atoms with Gasteiger partial charge in [-0.15, -0.1) is 0 Å². The first kappa shape index (κ1) is 20.7. The fourth-order valence-corrected chi connectivity index (χ4v) is 3.50. The maximum atomic E-state index is 12.5. The summed E-state index contributed by atoms with van der Waals surface area (Å²) >= 11 is 3.36. The van der Waals surface area contributed by atoms with E-state index in [-0.39, 0.29) is 5.91 Å². The van der Waals surface area contributed by atoms with E-state index in [0.717, 1.165) is 32.3 Å². The largest absolute Gasteiger partial charge is 0.496 e. The number of carbonyl (C=O) groups is 1. The van der Waals surface area contributed by atoms with Crippen LogP contribution in [0.2, 0.25) is 0 Å². The van der Waals surface area contributed by atoms with Gasteiger partial charge < -0.3 is 14.5 Å². The average molecular weight is 478 g/mol. The van der Waals surface area contributed by atoms with Crippen LogP contribution in [-0.2, 0) is 6.61 Å². The van der Waals surface area contributed by atoms with Crippen molar-refractivity contribution < 1.29 is 14.3 Å². The van der Waals surface area contributed by atoms with Gasteiger partial charge in [0.25, 0.3) is 5.91 Å². The third-order valence-corrected chi connectivity index (χ3v) is 5.20. The molecule has 0 bridgehead atoms. The Hall–Kier alpha value is -3.58. The van der Waals surface area contributed by atoms with Gasteiger partial charge in [0.1, 0.15) is 18.1 Å². The molecule has 6 nitrogen and oxygen atoms in total. The summed E-state index contributed by atoms with van der Waals surface area (Å²) in [7, 11) is 1.52. The molecule has 0 saturated carbocycles. The van der Waals surface area contributed by atoms with Crippen molar-refractivity contribution in [2.24, 2.45) is 5.10 Å². The molecule has 0 atom stereocenters. The van der Waals surface area contributed by atoms with Gasteiger partial charge in [-0.3, -0.25) is 4.79 Å². The Kier molecular flexibility index (Phi) is 6.33. The van der Waals surface area contributed by atoms with E-state index in [9.17, 15) is 4.79 Å². The van der Waals surface area contributed by atoms with E-state index in [4.69, 9.17) is 9.47 Å². The SMILES string of the molecule is COc1ccc(Br)cc1C(=O)N/N=C\c1c[nH]c2ccc(OCc3ccccc3)cc12. The number of hydrazone groups is 1. The van der Waals surface area contributed by atoms with Crippen molar-refractivity contribution in [3.8, 4) is 11.5 Å². The van der Waals surface area contributed by atoms with E-state index in [1.165, 1.54) is 7.11 Å². The number of methoxy groups -OCH3 is 1. The van der Waals surface area contributed by atoms with Crippen molar-refractivity contribution >= 4 is 39.0 Å². The predicted octanol–water partition coefficient (Wildman–Crippen LogP) is 5.28. The lowest BCUT2D eigenvalue weighted by atomic mass is 10.2. The Morgan fingerprint density at radius 2 is 1.97 bits per heavy atom. The molecule has 7 heteroatoms. The minimum absolute atomic E-state index is 0.360. The van der Waals surface area contributed by atoms with Crippen LogP contribution < -0.4 is 14.9 Å². The zero-order valence-corrected chi connectivity index (χ0v) is 18.3. The quantitative estimate of drug-likeness (QED) is 0.280. The minimum atomic E-state index is -0.360. The molecular weight excluding hydrogens is 458 g/mol. The second-order valence-corrected chi connectivity index (χ2v) is 7.69. The molecule has 1 aromatic heterocycles. The highest BCUT2D eigenvalue weighted by Gasteiger charge is 2.12. The minimum Gasteiger partial charge on any atom is -0.496 e. The molecule has 0 aliphatic heterocycles. The topological polar surface area (TPSA) is 75.7 Å². The van der Waals surface area contributed by atoms with Gasteiger partial charge in [0, 0.05) is 27.1 Å². The van der Waals surface area contributed by atoms with E-state index in [2.05, 4.69) is 31.4 Å². The second kappa shape index (κ2) is 9.49. The molecule has 4 aromatic rings. The zero-order chi connectivity index (χ0) is 21.6. The Bertz CT molecular complexity index is 1240. The fraction of sp³-hybridized carbons (Fsp3) is 0.0833. The first-order chi connectivity index (χ1) is 15.1. The van der Waals surface area contributed by atoms with E-state index < -0.39 is 0 Å². The van der Waals surface area contributed by atoms with Crippen LogP contribution in [0.3, 0.4) is 0 Å². The van der Waals surface area contributed by atoms with Crippen LogP contribution in [0.25, 0.3) is 10.9 Å². The van der Waals surface area contributed by atoms with Crippen LogP contribution in [0.15, 0.2) is 82.5 Å². The number of H-pyrrole nitrogens is 1. The van der Waals surface area contributed by atoms with E-state index in [1.807, 2.05) is 60.8 Å². The van der Waals surface area contributed by atoms with Gasteiger partial charge in [-0.05, 0) is 42.0 Å². The number of carbonyl (C=O) groups excluding carboxylic acids is 1. The van der Waals surface area contributed by atoms with Crippen molar-refractivity contribution in [2.45, 2.75) is 6.61 Å². The number of ether oxygens (including phenoxy) is 2. The fourth-order valence-electron chi connectivity index (χ4n) is 3.14. The molecule has 0 fully saturated rings. The lowest BCUT2D eigenvalue weighted by Gasteiger charge is -2.07. The van der Waals surface area contributed by atoms with Crippen molar-refractivity contribution in [3.05, 3.63) is 94.1 Å². The highest BCUT2D eigenvalue weighted by molar-refractivity contribution is 9.10. The zero-order valence-electron chi connectivity index (χ0n) is 16.8. The second-order valence-electron chi connectivity index (χ2n) is 6.77. The summed E-state index contributed by atoms with van der Waals surface area (Å²) in [5.41, 5.74) is 5.83. The van der Waals surface area contributed by atoms with E-state index in [0.29, 0.717) is 17.9 Å². The van der Waals surface area contributed by atoms with Gasteiger partial charge in [0.2, 0.25) is 0 Å². The van der Waals surface area contributed by atoms with Crippen LogP contribution in [0.4, 0.5) is 0 Å². The maximum absolute atomic E-state index is 12.5. The van der Waals surface area contributed by atoms with Crippen LogP contribution in [0.5, 0.6) is 11.5 Å². The molecule has 0 aliphatic rings. The molecule has 0 unspecified atom stereocenters. The van der Waals surface area contributed by atoms with Crippen molar-refractivity contribution in [1.29, 1.82) is 0 Å². The molecule has 156 valence electrons. The van der Waals surface area contributed by atoms with Crippen LogP contribution in [-0.4, -0.2) is 24.2 Å². The van der Waals surface area contributed by atoms with Gasteiger partial charge in [0.15, 0.2) is 0 Å². The smallest absolute Gasteiger partial charge is 0.275 e. The Morgan fingerprint density at radius 3 is 2.77 bits per heavy atom. The third kappa shape index (κ3) is 4.95. The van der Waals surface area contributed by atoms with Crippen molar-refractivity contribution in [2.75, 3.05) is 7.11 Å². The summed E-state index contributed by atoms with van der Waals surface area (Å²) in [6, 6.07) is 21.0. The molecule has 4 rings (SSSR count). The number of fused-ring (bicyclic) bond motifs is 1. The number of benzene rings is 3. The van der Waals surface area contributed by atoms with Crippen LogP contribution in [0, 0.1) is 0 Å². The Morgan fingerprint density at radius 1 is 1.13 bits per heavy atom. The molecule has 0 aliphatic carbocycles. The molecule has 31 heavy (non-hydrogen) atoms. The lowest BCUT2D eigenvalue weighted by Crippen LogP contribution is -2.18. The lowest BCUT2D eigenvalue weighted by molar-refractivity contribution is 0.0952. The highest BCUT2D eigenvalue weighted by Crippen LogP contribution is 2.24. The molecule has 0 spiro atoms. The standard InChI is InChI=1S/C24H20BrN3O3/c1-30-23-10-7-18(25)11-21(23)24(29)28-27-14-17-13-26-22-9-8-19(12-20(17)22)31-15-16-5-3-2-4-6-16/h2-14,26H,15H2,1H3,(H,28,29)/b27-14-. The summed E-state index contributed by atoms with van der Waals surface area (Å²) in [5.74, 6) is 0.873. The van der Waals surface area contributed by atoms with Gasteiger partial charge in [-0.2, -0.15) is 5.10 Å². The first-order valence-electron chi connectivity index (χ1n) is 9.59. The third-order valence-electron chi connectivity index (χ3n) is 4.71. The summed E-state index contributed by atoms with van der Waals surface area (Å²) in [6.45, 7) is 0.491. The van der Waals surface area contributed by atoms with Crippen LogP contribution >= 0.6 is 15.9 Å². The Labute approximate surface area is 188 Å². The molecular formula is C24H20BrN3O3. The van der Waals surface area contributed by atoms with Gasteiger partial charge >= 0.3 is 0 Å². The molecule has 2 N–H and O–H groups in total. The average Bonchev–Trinajstić information content (AvgIpc) is 3.20. The normalized spacial score (nSPS) is 11.0. The summed E-state index contributed by atoms with van der Waals surface area (Å²) < 4.78 is 11.9. The van der Waals surface area contributed by atoms with Crippen molar-refractivity contribution in [3.63, 3.8) is 0 Å².